The molecule has 0 aromatic carbocycles. The van der Waals surface area contributed by atoms with Crippen molar-refractivity contribution in [2.45, 2.75) is 57.9 Å². The Morgan fingerprint density at radius 2 is 1.65 bits per heavy atom. The lowest BCUT2D eigenvalue weighted by Crippen LogP contribution is -2.48. The number of unbranched alkanes of at least 4 members (excludes halogenated alkanes) is 2. The van der Waals surface area contributed by atoms with Crippen molar-refractivity contribution >= 4 is 25.7 Å². The maximum Gasteiger partial charge on any atom is 0.503 e. The highest BCUT2D eigenvalue weighted by Gasteiger charge is 2.47. The van der Waals surface area contributed by atoms with Crippen LogP contribution < -0.4 is 0 Å². The highest BCUT2D eigenvalue weighted by molar-refractivity contribution is 8.13. The van der Waals surface area contributed by atoms with Crippen molar-refractivity contribution < 1.29 is 18.1 Å². The molecule has 0 fully saturated rings. The Morgan fingerprint density at radius 1 is 1.05 bits per heavy atom. The van der Waals surface area contributed by atoms with Crippen LogP contribution in [-0.2, 0) is 18.1 Å². The number of carbonyl (C=O) groups excluding carboxylic acids is 1. The molecule has 0 saturated heterocycles. The van der Waals surface area contributed by atoms with Crippen LogP contribution in [0.5, 0.6) is 0 Å². The normalized spacial score (nSPS) is 13.4. The van der Waals surface area contributed by atoms with Crippen molar-refractivity contribution in [2.75, 3.05) is 27.1 Å². The van der Waals surface area contributed by atoms with E-state index in [0.29, 0.717) is 6.42 Å². The van der Waals surface area contributed by atoms with E-state index in [4.69, 9.17) is 13.3 Å². The van der Waals surface area contributed by atoms with E-state index in [9.17, 15) is 4.79 Å². The fourth-order valence-corrected chi connectivity index (χ4v) is 5.66. The second-order valence-electron chi connectivity index (χ2n) is 4.83. The predicted octanol–water partition coefficient (Wildman–Crippen LogP) is 3.87. The van der Waals surface area contributed by atoms with Gasteiger partial charge in [0.25, 0.3) is 0 Å². The molecule has 1 atom stereocenters. The average molecular weight is 323 g/mol. The minimum Gasteiger partial charge on any atom is -0.377 e. The highest BCUT2D eigenvalue weighted by atomic mass is 32.2. The van der Waals surface area contributed by atoms with E-state index in [-0.39, 0.29) is 10.7 Å². The van der Waals surface area contributed by atoms with Crippen molar-refractivity contribution in [3.8, 4) is 0 Å². The van der Waals surface area contributed by atoms with Gasteiger partial charge in [-0.15, -0.1) is 0 Å². The van der Waals surface area contributed by atoms with Gasteiger partial charge in [0, 0.05) is 39.0 Å². The summed E-state index contributed by atoms with van der Waals surface area (Å²) >= 11 is 1.41. The zero-order valence-corrected chi connectivity index (χ0v) is 15.4. The quantitative estimate of drug-likeness (QED) is 0.403. The van der Waals surface area contributed by atoms with Crippen molar-refractivity contribution in [1.82, 2.24) is 0 Å². The SMILES string of the molecule is CCCCCC(CC(=O)SCCC)[Si](OC)(OC)OC. The van der Waals surface area contributed by atoms with Gasteiger partial charge in [-0.25, -0.2) is 0 Å². The Morgan fingerprint density at radius 3 is 2.10 bits per heavy atom. The van der Waals surface area contributed by atoms with Gasteiger partial charge in [-0.05, 0) is 12.8 Å². The zero-order valence-electron chi connectivity index (χ0n) is 13.6. The molecule has 0 radical (unpaired) electrons. The Labute approximate surface area is 129 Å². The molecule has 0 rings (SSSR count). The van der Waals surface area contributed by atoms with Gasteiger partial charge < -0.3 is 13.3 Å². The summed E-state index contributed by atoms with van der Waals surface area (Å²) in [6, 6.07) is 0. The monoisotopic (exact) mass is 322 g/mol. The maximum absolute atomic E-state index is 12.1. The molecule has 0 spiro atoms. The van der Waals surface area contributed by atoms with Gasteiger partial charge in [0.15, 0.2) is 5.12 Å². The summed E-state index contributed by atoms with van der Waals surface area (Å²) < 4.78 is 16.7. The Bertz CT molecular complexity index is 251. The first-order valence-corrected chi connectivity index (χ1v) is 10.2. The second-order valence-corrected chi connectivity index (χ2v) is 9.23. The Hall–Kier alpha value is 0.117. The first-order valence-electron chi connectivity index (χ1n) is 7.41. The largest absolute Gasteiger partial charge is 0.503 e. The van der Waals surface area contributed by atoms with Crippen LogP contribution in [-0.4, -0.2) is 41.0 Å². The maximum atomic E-state index is 12.1. The van der Waals surface area contributed by atoms with E-state index >= 15 is 0 Å². The molecule has 20 heavy (non-hydrogen) atoms. The van der Waals surface area contributed by atoms with Gasteiger partial charge in [0.1, 0.15) is 0 Å². The molecule has 0 aliphatic carbocycles. The lowest BCUT2D eigenvalue weighted by atomic mass is 10.1. The van der Waals surface area contributed by atoms with Crippen LogP contribution in [0.3, 0.4) is 0 Å². The molecular weight excluding hydrogens is 292 g/mol. The van der Waals surface area contributed by atoms with E-state index in [1.807, 2.05) is 0 Å². The first-order chi connectivity index (χ1) is 9.60. The molecular formula is C14H30O4SSi. The fraction of sp³-hybridized carbons (Fsp3) is 0.929. The number of hydrogen-bond acceptors (Lipinski definition) is 5. The third kappa shape index (κ3) is 6.71. The molecule has 0 bridgehead atoms. The summed E-state index contributed by atoms with van der Waals surface area (Å²) in [5.74, 6) is 0.877. The van der Waals surface area contributed by atoms with E-state index in [1.54, 1.807) is 21.3 Å². The molecule has 4 nitrogen and oxygen atoms in total. The van der Waals surface area contributed by atoms with Gasteiger partial charge in [0.05, 0.1) is 0 Å². The summed E-state index contributed by atoms with van der Waals surface area (Å²) in [6.07, 6.45) is 5.82. The third-order valence-electron chi connectivity index (χ3n) is 3.39. The summed E-state index contributed by atoms with van der Waals surface area (Å²) in [4.78, 5) is 12.1. The lowest BCUT2D eigenvalue weighted by Gasteiger charge is -2.32. The molecule has 120 valence electrons. The molecule has 0 aromatic heterocycles. The minimum atomic E-state index is -2.73. The number of hydrogen-bond donors (Lipinski definition) is 0. The van der Waals surface area contributed by atoms with Crippen LogP contribution in [0.2, 0.25) is 5.54 Å². The fourth-order valence-electron chi connectivity index (χ4n) is 2.27. The molecule has 0 heterocycles. The molecule has 0 saturated carbocycles. The van der Waals surface area contributed by atoms with Gasteiger partial charge in [0.2, 0.25) is 0 Å². The van der Waals surface area contributed by atoms with Crippen molar-refractivity contribution in [3.63, 3.8) is 0 Å². The highest BCUT2D eigenvalue weighted by Crippen LogP contribution is 2.34. The van der Waals surface area contributed by atoms with E-state index in [1.165, 1.54) is 11.8 Å². The molecule has 0 aliphatic rings. The van der Waals surface area contributed by atoms with Gasteiger partial charge >= 0.3 is 8.80 Å². The molecule has 0 amide bonds. The topological polar surface area (TPSA) is 44.8 Å². The number of thioether (sulfide) groups is 1. The zero-order chi connectivity index (χ0) is 15.4. The average Bonchev–Trinajstić information content (AvgIpc) is 2.47. The second kappa shape index (κ2) is 11.7. The third-order valence-corrected chi connectivity index (χ3v) is 7.69. The van der Waals surface area contributed by atoms with E-state index in [2.05, 4.69) is 13.8 Å². The summed E-state index contributed by atoms with van der Waals surface area (Å²) in [6.45, 7) is 4.25. The first kappa shape index (κ1) is 20.1. The van der Waals surface area contributed by atoms with Crippen molar-refractivity contribution in [1.29, 1.82) is 0 Å². The van der Waals surface area contributed by atoms with Crippen LogP contribution in [0.25, 0.3) is 0 Å². The van der Waals surface area contributed by atoms with Crippen LogP contribution in [0.15, 0.2) is 0 Å². The minimum absolute atomic E-state index is 0.0610. The summed E-state index contributed by atoms with van der Waals surface area (Å²) in [5.41, 5.74) is 0.0610. The van der Waals surface area contributed by atoms with Crippen LogP contribution >= 0.6 is 11.8 Å². The van der Waals surface area contributed by atoms with Gasteiger partial charge in [-0.3, -0.25) is 4.79 Å². The van der Waals surface area contributed by atoms with Crippen molar-refractivity contribution in [2.24, 2.45) is 0 Å². The van der Waals surface area contributed by atoms with E-state index < -0.39 is 8.80 Å². The van der Waals surface area contributed by atoms with Gasteiger partial charge in [-0.2, -0.15) is 0 Å². The molecule has 0 N–H and O–H groups in total. The molecule has 0 aliphatic heterocycles. The Kier molecular flexibility index (Phi) is 11.8. The van der Waals surface area contributed by atoms with Crippen LogP contribution in [0.1, 0.15) is 52.4 Å². The summed E-state index contributed by atoms with van der Waals surface area (Å²) in [5, 5.41) is 0.219. The van der Waals surface area contributed by atoms with Crippen LogP contribution in [0.4, 0.5) is 0 Å². The van der Waals surface area contributed by atoms with Crippen molar-refractivity contribution in [3.05, 3.63) is 0 Å². The standard InChI is InChI=1S/C14H30O4SSi/c1-6-8-9-10-13(12-14(15)19-11-7-2)20(16-3,17-4)18-5/h13H,6-12H2,1-5H3. The number of carbonyl (C=O) groups is 1. The smallest absolute Gasteiger partial charge is 0.377 e. The molecule has 0 aromatic rings. The molecule has 1 unspecified atom stereocenters. The Balaban J connectivity index is 4.72. The number of rotatable bonds is 12. The van der Waals surface area contributed by atoms with Gasteiger partial charge in [-0.1, -0.05) is 44.9 Å². The van der Waals surface area contributed by atoms with E-state index in [0.717, 1.165) is 37.9 Å². The van der Waals surface area contributed by atoms with Crippen LogP contribution in [0, 0.1) is 0 Å². The lowest BCUT2D eigenvalue weighted by molar-refractivity contribution is -0.111. The summed E-state index contributed by atoms with van der Waals surface area (Å²) in [7, 11) is 2.13. The predicted molar refractivity (Wildman–Crippen MR) is 87.0 cm³/mol. The molecule has 6 heteroatoms.